The molecule has 0 radical (unpaired) electrons. The van der Waals surface area contributed by atoms with E-state index in [4.69, 9.17) is 14.6 Å². The average Bonchev–Trinajstić information content (AvgIpc) is 3.05. The number of hydrogen-bond donors (Lipinski definition) is 4. The highest BCUT2D eigenvalue weighted by Gasteiger charge is 2.18. The van der Waals surface area contributed by atoms with Crippen molar-refractivity contribution in [1.82, 2.24) is 5.32 Å². The van der Waals surface area contributed by atoms with E-state index in [0.717, 1.165) is 4.90 Å². The van der Waals surface area contributed by atoms with Gasteiger partial charge in [-0.15, -0.1) is 11.8 Å². The summed E-state index contributed by atoms with van der Waals surface area (Å²) >= 11 is 1.32. The summed E-state index contributed by atoms with van der Waals surface area (Å²) < 4.78 is 10.7. The molecule has 0 spiro atoms. The summed E-state index contributed by atoms with van der Waals surface area (Å²) in [5.74, 6) is -1.29. The zero-order chi connectivity index (χ0) is 32.3. The second kappa shape index (κ2) is 15.3. The summed E-state index contributed by atoms with van der Waals surface area (Å²) in [4.78, 5) is 50.9. The number of carboxylic acids is 1. The fourth-order valence-corrected chi connectivity index (χ4v) is 4.92. The number of aromatic carboxylic acids is 1. The molecule has 4 aromatic rings. The van der Waals surface area contributed by atoms with Crippen LogP contribution in [0.3, 0.4) is 0 Å². The lowest BCUT2D eigenvalue weighted by Crippen LogP contribution is -2.30. The van der Waals surface area contributed by atoms with Crippen LogP contribution in [0, 0.1) is 0 Å². The monoisotopic (exact) mass is 625 g/mol. The van der Waals surface area contributed by atoms with Crippen LogP contribution in [0.15, 0.2) is 108 Å². The maximum absolute atomic E-state index is 13.4. The van der Waals surface area contributed by atoms with Gasteiger partial charge in [-0.1, -0.05) is 18.2 Å². The lowest BCUT2D eigenvalue weighted by molar-refractivity contribution is -0.115. The number of anilines is 2. The molecule has 0 aromatic heterocycles. The Balaban J connectivity index is 1.46. The first kappa shape index (κ1) is 32.4. The molecule has 0 aliphatic carbocycles. The lowest BCUT2D eigenvalue weighted by Gasteiger charge is -2.14. The van der Waals surface area contributed by atoms with Crippen LogP contribution in [-0.4, -0.2) is 48.3 Å². The van der Waals surface area contributed by atoms with Crippen LogP contribution in [0.4, 0.5) is 11.4 Å². The van der Waals surface area contributed by atoms with Gasteiger partial charge < -0.3 is 30.5 Å². The zero-order valence-electron chi connectivity index (χ0n) is 24.7. The van der Waals surface area contributed by atoms with Gasteiger partial charge in [-0.2, -0.15) is 0 Å². The normalized spacial score (nSPS) is 11.6. The van der Waals surface area contributed by atoms with E-state index in [2.05, 4.69) is 16.0 Å². The molecule has 0 bridgehead atoms. The molecule has 1 atom stereocenters. The molecule has 10 nitrogen and oxygen atoms in total. The maximum Gasteiger partial charge on any atom is 0.335 e. The van der Waals surface area contributed by atoms with Crippen LogP contribution in [0.5, 0.6) is 11.5 Å². The smallest absolute Gasteiger partial charge is 0.335 e. The van der Waals surface area contributed by atoms with Crippen LogP contribution >= 0.6 is 11.8 Å². The van der Waals surface area contributed by atoms with Crippen molar-refractivity contribution in [2.24, 2.45) is 0 Å². The fourth-order valence-electron chi connectivity index (χ4n) is 4.05. The highest BCUT2D eigenvalue weighted by atomic mass is 32.2. The summed E-state index contributed by atoms with van der Waals surface area (Å²) in [6.07, 6.45) is 1.52. The standard InChI is InChI=1S/C34H31N3O7S/c1-21(31(38)35-25-12-9-23(10-13-25)34(41)42)45-28-17-14-26(15-18-28)36-33(40)29(37-32(39)22-7-5-4-6-8-22)19-24-11-16-27(43-2)20-30(24)44-3/h4-21H,1-3H3,(H,35,38)(H,36,40)(H,37,39)(H,41,42)/b29-19-. The lowest BCUT2D eigenvalue weighted by atomic mass is 10.1. The first-order valence-corrected chi connectivity index (χ1v) is 14.6. The van der Waals surface area contributed by atoms with E-state index < -0.39 is 23.0 Å². The Morgan fingerprint density at radius 3 is 2.04 bits per heavy atom. The third-order valence-corrected chi connectivity index (χ3v) is 7.57. The van der Waals surface area contributed by atoms with Crippen LogP contribution < -0.4 is 25.4 Å². The molecule has 45 heavy (non-hydrogen) atoms. The number of carbonyl (C=O) groups excluding carboxylic acids is 3. The van der Waals surface area contributed by atoms with Gasteiger partial charge in [0, 0.05) is 33.5 Å². The average molecular weight is 626 g/mol. The molecule has 0 saturated carbocycles. The number of carboxylic acid groups (broad SMARTS) is 1. The summed E-state index contributed by atoms with van der Waals surface area (Å²) in [6.45, 7) is 1.75. The minimum absolute atomic E-state index is 0.00699. The van der Waals surface area contributed by atoms with E-state index in [-0.39, 0.29) is 17.2 Å². The van der Waals surface area contributed by atoms with Crippen molar-refractivity contribution >= 4 is 52.9 Å². The Morgan fingerprint density at radius 2 is 1.42 bits per heavy atom. The predicted molar refractivity (Wildman–Crippen MR) is 174 cm³/mol. The number of thioether (sulfide) groups is 1. The van der Waals surface area contributed by atoms with Gasteiger partial charge in [-0.25, -0.2) is 4.79 Å². The molecule has 230 valence electrons. The Bertz CT molecular complexity index is 1710. The van der Waals surface area contributed by atoms with E-state index in [1.54, 1.807) is 79.7 Å². The van der Waals surface area contributed by atoms with Gasteiger partial charge in [-0.3, -0.25) is 14.4 Å². The first-order valence-electron chi connectivity index (χ1n) is 13.7. The molecule has 4 N–H and O–H groups in total. The minimum atomic E-state index is -1.04. The largest absolute Gasteiger partial charge is 0.497 e. The number of benzene rings is 4. The second-order valence-electron chi connectivity index (χ2n) is 9.60. The molecule has 0 heterocycles. The molecule has 4 rings (SSSR count). The van der Waals surface area contributed by atoms with E-state index in [9.17, 15) is 19.2 Å². The zero-order valence-corrected chi connectivity index (χ0v) is 25.5. The molecule has 11 heteroatoms. The van der Waals surface area contributed by atoms with E-state index in [1.807, 2.05) is 0 Å². The van der Waals surface area contributed by atoms with Gasteiger partial charge in [-0.05, 0) is 85.8 Å². The number of hydrogen-bond acceptors (Lipinski definition) is 7. The Kier molecular flexibility index (Phi) is 11.0. The van der Waals surface area contributed by atoms with Gasteiger partial charge >= 0.3 is 5.97 Å². The predicted octanol–water partition coefficient (Wildman–Crippen LogP) is 5.93. The number of ether oxygens (including phenoxy) is 2. The maximum atomic E-state index is 13.4. The molecular weight excluding hydrogens is 594 g/mol. The van der Waals surface area contributed by atoms with E-state index >= 15 is 0 Å². The first-order chi connectivity index (χ1) is 21.7. The number of carbonyl (C=O) groups is 4. The Hall–Kier alpha value is -5.55. The number of methoxy groups -OCH3 is 2. The summed E-state index contributed by atoms with van der Waals surface area (Å²) in [7, 11) is 3.03. The summed E-state index contributed by atoms with van der Waals surface area (Å²) in [5, 5.41) is 16.9. The molecule has 3 amide bonds. The highest BCUT2D eigenvalue weighted by molar-refractivity contribution is 8.00. The van der Waals surface area contributed by atoms with Crippen molar-refractivity contribution in [2.45, 2.75) is 17.1 Å². The number of amides is 3. The van der Waals surface area contributed by atoms with Crippen LogP contribution in [0.25, 0.3) is 6.08 Å². The van der Waals surface area contributed by atoms with Crippen molar-refractivity contribution in [3.8, 4) is 11.5 Å². The second-order valence-corrected chi connectivity index (χ2v) is 11.0. The van der Waals surface area contributed by atoms with E-state index in [0.29, 0.717) is 34.0 Å². The SMILES string of the molecule is COc1ccc(/C=C(\NC(=O)c2ccccc2)C(=O)Nc2ccc(SC(C)C(=O)Nc3ccc(C(=O)O)cc3)cc2)c(OC)c1. The van der Waals surface area contributed by atoms with Crippen molar-refractivity contribution in [2.75, 3.05) is 24.9 Å². The van der Waals surface area contributed by atoms with Gasteiger partial charge in [0.05, 0.1) is 25.0 Å². The third kappa shape index (κ3) is 8.97. The van der Waals surface area contributed by atoms with Crippen molar-refractivity contribution < 1.29 is 33.8 Å². The molecule has 0 fully saturated rings. The third-order valence-electron chi connectivity index (χ3n) is 6.46. The Morgan fingerprint density at radius 1 is 0.778 bits per heavy atom. The topological polar surface area (TPSA) is 143 Å². The summed E-state index contributed by atoms with van der Waals surface area (Å²) in [6, 6.07) is 26.5. The number of nitrogens with one attached hydrogen (secondary N) is 3. The van der Waals surface area contributed by atoms with Crippen LogP contribution in [0.2, 0.25) is 0 Å². The van der Waals surface area contributed by atoms with Gasteiger partial charge in [0.2, 0.25) is 5.91 Å². The van der Waals surface area contributed by atoms with Gasteiger partial charge in [0.25, 0.3) is 11.8 Å². The van der Waals surface area contributed by atoms with Gasteiger partial charge in [0.1, 0.15) is 17.2 Å². The fraction of sp³-hybridized carbons (Fsp3) is 0.118. The molecule has 1 unspecified atom stereocenters. The quantitative estimate of drug-likeness (QED) is 0.112. The summed E-state index contributed by atoms with van der Waals surface area (Å²) in [5.41, 5.74) is 2.02. The minimum Gasteiger partial charge on any atom is -0.497 e. The molecule has 0 saturated heterocycles. The van der Waals surface area contributed by atoms with Crippen LogP contribution in [-0.2, 0) is 9.59 Å². The molecular formula is C34H31N3O7S. The van der Waals surface area contributed by atoms with Gasteiger partial charge in [0.15, 0.2) is 0 Å². The molecule has 0 aliphatic rings. The van der Waals surface area contributed by atoms with Crippen LogP contribution in [0.1, 0.15) is 33.2 Å². The highest BCUT2D eigenvalue weighted by Crippen LogP contribution is 2.28. The van der Waals surface area contributed by atoms with E-state index in [1.165, 1.54) is 56.3 Å². The van der Waals surface area contributed by atoms with Crippen molar-refractivity contribution in [3.63, 3.8) is 0 Å². The molecule has 0 aliphatic heterocycles. The number of rotatable bonds is 12. The van der Waals surface area contributed by atoms with Crippen molar-refractivity contribution in [1.29, 1.82) is 0 Å². The molecule has 4 aromatic carbocycles. The Labute approximate surface area is 264 Å². The van der Waals surface area contributed by atoms with Crippen molar-refractivity contribution in [3.05, 3.63) is 119 Å².